The second-order valence-corrected chi connectivity index (χ2v) is 5.25. The average Bonchev–Trinajstić information content (AvgIpc) is 2.88. The molecule has 0 spiro atoms. The van der Waals surface area contributed by atoms with Crippen molar-refractivity contribution in [2.75, 3.05) is 5.32 Å². The number of hydrogen-bond acceptors (Lipinski definition) is 4. The van der Waals surface area contributed by atoms with Crippen molar-refractivity contribution in [1.82, 2.24) is 15.2 Å². The van der Waals surface area contributed by atoms with Gasteiger partial charge in [-0.15, -0.1) is 0 Å². The molecule has 0 saturated heterocycles. The molecule has 0 aromatic carbocycles. The van der Waals surface area contributed by atoms with Crippen LogP contribution in [0, 0.1) is 5.92 Å². The van der Waals surface area contributed by atoms with Gasteiger partial charge in [0.1, 0.15) is 12.4 Å². The van der Waals surface area contributed by atoms with Gasteiger partial charge in [0.2, 0.25) is 5.95 Å². The average molecular weight is 266 g/mol. The van der Waals surface area contributed by atoms with E-state index in [0.717, 1.165) is 12.8 Å². The highest BCUT2D eigenvalue weighted by atomic mass is 16.5. The summed E-state index contributed by atoms with van der Waals surface area (Å²) in [7, 11) is 0. The summed E-state index contributed by atoms with van der Waals surface area (Å²) in [5, 5.41) is 8.98. The largest absolute Gasteiger partial charge is 0.365 e. The van der Waals surface area contributed by atoms with Crippen molar-refractivity contribution in [1.29, 1.82) is 0 Å². The van der Waals surface area contributed by atoms with Crippen LogP contribution in [0.5, 0.6) is 0 Å². The number of carbonyl (C=O) groups is 1. The fraction of sp³-hybridized carbons (Fsp3) is 0.769. The van der Waals surface area contributed by atoms with Crippen LogP contribution in [0.15, 0.2) is 6.33 Å². The third-order valence-electron chi connectivity index (χ3n) is 3.56. The molecule has 106 valence electrons. The van der Waals surface area contributed by atoms with Crippen molar-refractivity contribution < 1.29 is 9.53 Å². The van der Waals surface area contributed by atoms with E-state index in [-0.39, 0.29) is 12.0 Å². The number of rotatable bonds is 5. The van der Waals surface area contributed by atoms with Gasteiger partial charge in [-0.3, -0.25) is 10.1 Å². The molecule has 3 atom stereocenters. The number of nitrogens with one attached hydrogen (secondary N) is 2. The summed E-state index contributed by atoms with van der Waals surface area (Å²) in [6.07, 6.45) is 6.36. The molecule has 2 N–H and O–H groups in total. The highest BCUT2D eigenvalue weighted by Crippen LogP contribution is 2.27. The topological polar surface area (TPSA) is 79.9 Å². The first-order chi connectivity index (χ1) is 9.19. The highest BCUT2D eigenvalue weighted by Gasteiger charge is 2.26. The number of aromatic nitrogens is 3. The summed E-state index contributed by atoms with van der Waals surface area (Å²) >= 11 is 0. The SMILES string of the molecule is CC[C@H](O[C@@H]1CCC[C@H](C)C1)C(=O)Nc1ncn[nH]1. The molecule has 0 bridgehead atoms. The summed E-state index contributed by atoms with van der Waals surface area (Å²) in [5.41, 5.74) is 0. The number of hydrogen-bond donors (Lipinski definition) is 2. The predicted molar refractivity (Wildman–Crippen MR) is 71.6 cm³/mol. The van der Waals surface area contributed by atoms with E-state index >= 15 is 0 Å². The smallest absolute Gasteiger partial charge is 0.255 e. The molecule has 1 amide bonds. The van der Waals surface area contributed by atoms with Crippen molar-refractivity contribution in [3.05, 3.63) is 6.33 Å². The fourth-order valence-corrected chi connectivity index (χ4v) is 2.54. The molecule has 0 aliphatic heterocycles. The molecule has 6 heteroatoms. The van der Waals surface area contributed by atoms with Crippen LogP contribution in [0.1, 0.15) is 46.0 Å². The van der Waals surface area contributed by atoms with Crippen molar-refractivity contribution in [2.45, 2.75) is 58.2 Å². The second-order valence-electron chi connectivity index (χ2n) is 5.25. The summed E-state index contributed by atoms with van der Waals surface area (Å²) in [6, 6.07) is 0. The molecule has 1 fully saturated rings. The number of amides is 1. The van der Waals surface area contributed by atoms with E-state index in [0.29, 0.717) is 18.3 Å². The Morgan fingerprint density at radius 3 is 3.11 bits per heavy atom. The maximum Gasteiger partial charge on any atom is 0.255 e. The van der Waals surface area contributed by atoms with Gasteiger partial charge in [-0.2, -0.15) is 10.1 Å². The van der Waals surface area contributed by atoms with Gasteiger partial charge in [-0.25, -0.2) is 5.10 Å². The maximum absolute atomic E-state index is 12.1. The van der Waals surface area contributed by atoms with Crippen LogP contribution < -0.4 is 5.32 Å². The molecule has 6 nitrogen and oxygen atoms in total. The molecule has 1 aromatic heterocycles. The van der Waals surface area contributed by atoms with Gasteiger partial charge >= 0.3 is 0 Å². The summed E-state index contributed by atoms with van der Waals surface area (Å²) < 4.78 is 5.95. The Labute approximate surface area is 113 Å². The molecule has 1 saturated carbocycles. The van der Waals surface area contributed by atoms with Crippen LogP contribution in [0.4, 0.5) is 5.95 Å². The lowest BCUT2D eigenvalue weighted by molar-refractivity contribution is -0.133. The molecule has 19 heavy (non-hydrogen) atoms. The first kappa shape index (κ1) is 14.0. The molecule has 0 radical (unpaired) electrons. The van der Waals surface area contributed by atoms with Crippen molar-refractivity contribution in [2.24, 2.45) is 5.92 Å². The highest BCUT2D eigenvalue weighted by molar-refractivity contribution is 5.92. The number of aromatic amines is 1. The second kappa shape index (κ2) is 6.65. The van der Waals surface area contributed by atoms with Gasteiger partial charge in [0.25, 0.3) is 5.91 Å². The van der Waals surface area contributed by atoms with E-state index < -0.39 is 6.10 Å². The Kier molecular flexibility index (Phi) is 4.90. The van der Waals surface area contributed by atoms with Gasteiger partial charge < -0.3 is 4.74 Å². The van der Waals surface area contributed by atoms with Crippen LogP contribution in [-0.4, -0.2) is 33.3 Å². The monoisotopic (exact) mass is 266 g/mol. The van der Waals surface area contributed by atoms with Crippen LogP contribution in [0.3, 0.4) is 0 Å². The number of nitrogens with zero attached hydrogens (tertiary/aromatic N) is 2. The minimum absolute atomic E-state index is 0.155. The zero-order chi connectivity index (χ0) is 13.7. The van der Waals surface area contributed by atoms with E-state index in [1.807, 2.05) is 6.92 Å². The van der Waals surface area contributed by atoms with Crippen LogP contribution in [0.25, 0.3) is 0 Å². The summed E-state index contributed by atoms with van der Waals surface area (Å²) in [4.78, 5) is 16.0. The van der Waals surface area contributed by atoms with Gasteiger partial charge in [0.05, 0.1) is 6.10 Å². The van der Waals surface area contributed by atoms with Gasteiger partial charge in [0, 0.05) is 0 Å². The van der Waals surface area contributed by atoms with Gasteiger partial charge in [-0.05, 0) is 25.2 Å². The Morgan fingerprint density at radius 2 is 2.47 bits per heavy atom. The Hall–Kier alpha value is -1.43. The number of H-pyrrole nitrogens is 1. The molecular formula is C13H22N4O2. The van der Waals surface area contributed by atoms with Crippen molar-refractivity contribution in [3.8, 4) is 0 Å². The predicted octanol–water partition coefficient (Wildman–Crippen LogP) is 2.12. The molecule has 1 aliphatic rings. The number of anilines is 1. The summed E-state index contributed by atoms with van der Waals surface area (Å²) in [6.45, 7) is 4.20. The zero-order valence-electron chi connectivity index (χ0n) is 11.6. The number of carbonyl (C=O) groups excluding carboxylic acids is 1. The lowest BCUT2D eigenvalue weighted by Crippen LogP contribution is -2.35. The van der Waals surface area contributed by atoms with E-state index in [9.17, 15) is 4.79 Å². The lowest BCUT2D eigenvalue weighted by atomic mass is 9.88. The Balaban J connectivity index is 1.86. The fourth-order valence-electron chi connectivity index (χ4n) is 2.54. The molecule has 1 aromatic rings. The van der Waals surface area contributed by atoms with Crippen LogP contribution in [0.2, 0.25) is 0 Å². The zero-order valence-corrected chi connectivity index (χ0v) is 11.6. The van der Waals surface area contributed by atoms with E-state index in [1.165, 1.54) is 19.2 Å². The summed E-state index contributed by atoms with van der Waals surface area (Å²) in [5.74, 6) is 0.898. The minimum Gasteiger partial charge on any atom is -0.365 e. The molecular weight excluding hydrogens is 244 g/mol. The minimum atomic E-state index is -0.416. The Morgan fingerprint density at radius 1 is 1.63 bits per heavy atom. The number of ether oxygens (including phenoxy) is 1. The first-order valence-electron chi connectivity index (χ1n) is 7.00. The van der Waals surface area contributed by atoms with E-state index in [4.69, 9.17) is 4.74 Å². The molecule has 1 aliphatic carbocycles. The third-order valence-corrected chi connectivity index (χ3v) is 3.56. The maximum atomic E-state index is 12.1. The van der Waals surface area contributed by atoms with Crippen LogP contribution in [-0.2, 0) is 9.53 Å². The standard InChI is InChI=1S/C13H22N4O2/c1-3-11(12(18)16-13-14-8-15-17-13)19-10-6-4-5-9(2)7-10/h8-11H,3-7H2,1-2H3,(H2,14,15,16,17,18)/t9-,10+,11-/m0/s1. The molecule has 2 rings (SSSR count). The third kappa shape index (κ3) is 4.02. The van der Waals surface area contributed by atoms with Crippen molar-refractivity contribution in [3.63, 3.8) is 0 Å². The van der Waals surface area contributed by atoms with Crippen LogP contribution >= 0.6 is 0 Å². The van der Waals surface area contributed by atoms with E-state index in [1.54, 1.807) is 0 Å². The van der Waals surface area contributed by atoms with E-state index in [2.05, 4.69) is 27.4 Å². The quantitative estimate of drug-likeness (QED) is 0.855. The normalized spacial score (nSPS) is 24.9. The van der Waals surface area contributed by atoms with Gasteiger partial charge in [0.15, 0.2) is 0 Å². The first-order valence-corrected chi connectivity index (χ1v) is 7.00. The van der Waals surface area contributed by atoms with Crippen molar-refractivity contribution >= 4 is 11.9 Å². The molecule has 1 heterocycles. The lowest BCUT2D eigenvalue weighted by Gasteiger charge is -2.29. The molecule has 0 unspecified atom stereocenters. The van der Waals surface area contributed by atoms with Gasteiger partial charge in [-0.1, -0.05) is 26.7 Å². The Bertz CT molecular complexity index is 393.